The summed E-state index contributed by atoms with van der Waals surface area (Å²) in [5, 5.41) is 3.09. The molecule has 1 aromatic carbocycles. The summed E-state index contributed by atoms with van der Waals surface area (Å²) >= 11 is 0. The van der Waals surface area contributed by atoms with Crippen LogP contribution in [0.5, 0.6) is 0 Å². The highest BCUT2D eigenvalue weighted by Gasteiger charge is 2.23. The SMILES string of the molecule is CC(C)CC(=O)N1CCC(NC(=O)CCc2ccccc2N)CC1. The third-order valence-corrected chi connectivity index (χ3v) is 4.47. The number of piperidine rings is 1. The van der Waals surface area contributed by atoms with E-state index in [1.165, 1.54) is 0 Å². The van der Waals surface area contributed by atoms with Crippen LogP contribution in [0.1, 0.15) is 45.1 Å². The maximum absolute atomic E-state index is 12.1. The van der Waals surface area contributed by atoms with Gasteiger partial charge in [0.2, 0.25) is 11.8 Å². The van der Waals surface area contributed by atoms with E-state index >= 15 is 0 Å². The van der Waals surface area contributed by atoms with Gasteiger partial charge in [-0.15, -0.1) is 0 Å². The van der Waals surface area contributed by atoms with Crippen molar-refractivity contribution >= 4 is 17.5 Å². The summed E-state index contributed by atoms with van der Waals surface area (Å²) in [6.07, 6.45) is 3.38. The van der Waals surface area contributed by atoms with Crippen LogP contribution >= 0.6 is 0 Å². The number of nitrogen functional groups attached to an aromatic ring is 1. The number of anilines is 1. The van der Waals surface area contributed by atoms with E-state index in [1.807, 2.05) is 29.2 Å². The van der Waals surface area contributed by atoms with E-state index in [1.54, 1.807) is 0 Å². The van der Waals surface area contributed by atoms with E-state index in [9.17, 15) is 9.59 Å². The summed E-state index contributed by atoms with van der Waals surface area (Å²) in [4.78, 5) is 26.1. The standard InChI is InChI=1S/C19H29N3O2/c1-14(2)13-19(24)22-11-9-16(10-12-22)21-18(23)8-7-15-5-3-4-6-17(15)20/h3-6,14,16H,7-13,20H2,1-2H3,(H,21,23). The minimum atomic E-state index is 0.0604. The smallest absolute Gasteiger partial charge is 0.222 e. The average Bonchev–Trinajstić information content (AvgIpc) is 2.54. The first-order valence-electron chi connectivity index (χ1n) is 8.86. The van der Waals surface area contributed by atoms with Gasteiger partial charge in [0.1, 0.15) is 0 Å². The molecule has 0 spiro atoms. The Hall–Kier alpha value is -2.04. The molecule has 1 heterocycles. The normalized spacial score (nSPS) is 15.5. The molecule has 1 aliphatic rings. The van der Waals surface area contributed by atoms with Crippen molar-refractivity contribution in [3.05, 3.63) is 29.8 Å². The van der Waals surface area contributed by atoms with Crippen LogP contribution in [0.3, 0.4) is 0 Å². The van der Waals surface area contributed by atoms with Crippen molar-refractivity contribution in [2.24, 2.45) is 5.92 Å². The molecule has 5 heteroatoms. The Morgan fingerprint density at radius 2 is 1.92 bits per heavy atom. The number of nitrogens with one attached hydrogen (secondary N) is 1. The summed E-state index contributed by atoms with van der Waals surface area (Å²) in [5.41, 5.74) is 7.65. The molecule has 0 atom stereocenters. The minimum absolute atomic E-state index is 0.0604. The summed E-state index contributed by atoms with van der Waals surface area (Å²) in [6.45, 7) is 5.60. The Bertz CT molecular complexity index is 563. The van der Waals surface area contributed by atoms with E-state index < -0.39 is 0 Å². The van der Waals surface area contributed by atoms with Crippen molar-refractivity contribution in [1.82, 2.24) is 10.2 Å². The van der Waals surface area contributed by atoms with Gasteiger partial charge in [0, 0.05) is 37.7 Å². The maximum atomic E-state index is 12.1. The Kier molecular flexibility index (Phi) is 6.64. The zero-order valence-corrected chi connectivity index (χ0v) is 14.8. The van der Waals surface area contributed by atoms with E-state index in [0.29, 0.717) is 25.2 Å². The number of rotatable bonds is 6. The number of carbonyl (C=O) groups excluding carboxylic acids is 2. The number of aryl methyl sites for hydroxylation is 1. The van der Waals surface area contributed by atoms with Crippen LogP contribution in [0.4, 0.5) is 5.69 Å². The Morgan fingerprint density at radius 1 is 1.25 bits per heavy atom. The van der Waals surface area contributed by atoms with Crippen LogP contribution in [-0.4, -0.2) is 35.8 Å². The molecule has 2 amide bonds. The Morgan fingerprint density at radius 3 is 2.54 bits per heavy atom. The largest absolute Gasteiger partial charge is 0.399 e. The molecule has 0 unspecified atom stereocenters. The number of benzene rings is 1. The van der Waals surface area contributed by atoms with Gasteiger partial charge in [0.25, 0.3) is 0 Å². The molecule has 0 bridgehead atoms. The molecule has 0 aromatic heterocycles. The van der Waals surface area contributed by atoms with Crippen LogP contribution in [0.2, 0.25) is 0 Å². The average molecular weight is 331 g/mol. The molecule has 1 aromatic rings. The molecule has 0 radical (unpaired) electrons. The number of hydrogen-bond donors (Lipinski definition) is 2. The molecule has 132 valence electrons. The molecule has 1 fully saturated rings. The number of para-hydroxylation sites is 1. The molecular weight excluding hydrogens is 302 g/mol. The van der Waals surface area contributed by atoms with E-state index in [4.69, 9.17) is 5.73 Å². The first-order valence-corrected chi connectivity index (χ1v) is 8.86. The van der Waals surface area contributed by atoms with Crippen LogP contribution in [-0.2, 0) is 16.0 Å². The Labute approximate surface area is 144 Å². The van der Waals surface area contributed by atoms with Gasteiger partial charge >= 0.3 is 0 Å². The fourth-order valence-electron chi connectivity index (χ4n) is 3.06. The maximum Gasteiger partial charge on any atom is 0.222 e. The quantitative estimate of drug-likeness (QED) is 0.786. The van der Waals surface area contributed by atoms with E-state index in [-0.39, 0.29) is 17.9 Å². The second-order valence-electron chi connectivity index (χ2n) is 7.02. The summed E-state index contributed by atoms with van der Waals surface area (Å²) in [7, 11) is 0. The predicted octanol–water partition coefficient (Wildman–Crippen LogP) is 2.35. The monoisotopic (exact) mass is 331 g/mol. The fourth-order valence-corrected chi connectivity index (χ4v) is 3.06. The van der Waals surface area contributed by atoms with Gasteiger partial charge in [-0.3, -0.25) is 9.59 Å². The van der Waals surface area contributed by atoms with Crippen molar-refractivity contribution in [2.45, 2.75) is 52.0 Å². The van der Waals surface area contributed by atoms with Crippen LogP contribution in [0.25, 0.3) is 0 Å². The lowest BCUT2D eigenvalue weighted by molar-refractivity contribution is -0.133. The highest BCUT2D eigenvalue weighted by Crippen LogP contribution is 2.15. The molecule has 1 saturated heterocycles. The zero-order chi connectivity index (χ0) is 17.5. The number of hydrogen-bond acceptors (Lipinski definition) is 3. The van der Waals surface area contributed by atoms with Gasteiger partial charge < -0.3 is 16.0 Å². The van der Waals surface area contributed by atoms with Gasteiger partial charge in [-0.25, -0.2) is 0 Å². The van der Waals surface area contributed by atoms with Crippen molar-refractivity contribution in [2.75, 3.05) is 18.8 Å². The molecule has 5 nitrogen and oxygen atoms in total. The van der Waals surface area contributed by atoms with Crippen molar-refractivity contribution in [3.63, 3.8) is 0 Å². The summed E-state index contributed by atoms with van der Waals surface area (Å²) in [5.74, 6) is 0.680. The number of amides is 2. The summed E-state index contributed by atoms with van der Waals surface area (Å²) in [6, 6.07) is 7.83. The van der Waals surface area contributed by atoms with Gasteiger partial charge in [-0.1, -0.05) is 32.0 Å². The minimum Gasteiger partial charge on any atom is -0.399 e. The van der Waals surface area contributed by atoms with Crippen LogP contribution < -0.4 is 11.1 Å². The van der Waals surface area contributed by atoms with Gasteiger partial charge in [0.15, 0.2) is 0 Å². The molecule has 3 N–H and O–H groups in total. The molecule has 1 aliphatic heterocycles. The highest BCUT2D eigenvalue weighted by molar-refractivity contribution is 5.77. The van der Waals surface area contributed by atoms with E-state index in [0.717, 1.165) is 37.2 Å². The fraction of sp³-hybridized carbons (Fsp3) is 0.579. The molecule has 0 saturated carbocycles. The first-order chi connectivity index (χ1) is 11.5. The van der Waals surface area contributed by atoms with Crippen LogP contribution in [0.15, 0.2) is 24.3 Å². The third-order valence-electron chi connectivity index (χ3n) is 4.47. The van der Waals surface area contributed by atoms with Crippen LogP contribution in [0, 0.1) is 5.92 Å². The topological polar surface area (TPSA) is 75.4 Å². The van der Waals surface area contributed by atoms with Crippen molar-refractivity contribution in [1.29, 1.82) is 0 Å². The zero-order valence-electron chi connectivity index (χ0n) is 14.8. The first kappa shape index (κ1) is 18.3. The number of nitrogens with two attached hydrogens (primary N) is 1. The van der Waals surface area contributed by atoms with E-state index in [2.05, 4.69) is 19.2 Å². The second-order valence-corrected chi connectivity index (χ2v) is 7.02. The number of nitrogens with zero attached hydrogens (tertiary/aromatic N) is 1. The molecule has 2 rings (SSSR count). The highest BCUT2D eigenvalue weighted by atomic mass is 16.2. The Balaban J connectivity index is 1.70. The predicted molar refractivity (Wildman–Crippen MR) is 96.4 cm³/mol. The lowest BCUT2D eigenvalue weighted by Crippen LogP contribution is -2.46. The van der Waals surface area contributed by atoms with Gasteiger partial charge in [-0.05, 0) is 36.8 Å². The third kappa shape index (κ3) is 5.55. The number of carbonyl (C=O) groups is 2. The summed E-state index contributed by atoms with van der Waals surface area (Å²) < 4.78 is 0. The lowest BCUT2D eigenvalue weighted by Gasteiger charge is -2.33. The number of likely N-dealkylation sites (tertiary alicyclic amines) is 1. The molecule has 24 heavy (non-hydrogen) atoms. The van der Waals surface area contributed by atoms with Gasteiger partial charge in [0.05, 0.1) is 0 Å². The lowest BCUT2D eigenvalue weighted by atomic mass is 10.0. The second kappa shape index (κ2) is 8.71. The van der Waals surface area contributed by atoms with Crippen molar-refractivity contribution in [3.8, 4) is 0 Å². The van der Waals surface area contributed by atoms with Gasteiger partial charge in [-0.2, -0.15) is 0 Å². The van der Waals surface area contributed by atoms with Crippen molar-refractivity contribution < 1.29 is 9.59 Å². The molecular formula is C19H29N3O2. The molecule has 0 aliphatic carbocycles.